The van der Waals surface area contributed by atoms with E-state index in [2.05, 4.69) is 244 Å². The number of anilines is 5. The summed E-state index contributed by atoms with van der Waals surface area (Å²) in [6, 6.07) is 60.8. The fourth-order valence-electron chi connectivity index (χ4n) is 10.8. The van der Waals surface area contributed by atoms with E-state index in [1.807, 2.05) is 11.3 Å². The molecule has 4 heteroatoms. The van der Waals surface area contributed by atoms with Gasteiger partial charge in [-0.1, -0.05) is 159 Å². The van der Waals surface area contributed by atoms with Crippen LogP contribution in [-0.2, 0) is 16.2 Å². The Balaban J connectivity index is 1.33. The predicted molar refractivity (Wildman–Crippen MR) is 289 cm³/mol. The van der Waals surface area contributed by atoms with Crippen molar-refractivity contribution in [1.29, 1.82) is 0 Å². The minimum absolute atomic E-state index is 0.0317. The number of aryl methyl sites for hydroxylation is 2. The van der Waals surface area contributed by atoms with Crippen molar-refractivity contribution in [3.63, 3.8) is 0 Å². The molecule has 2 nitrogen and oxygen atoms in total. The molecule has 0 aliphatic carbocycles. The second-order valence-corrected chi connectivity index (χ2v) is 23.0. The van der Waals surface area contributed by atoms with E-state index in [4.69, 9.17) is 0 Å². The van der Waals surface area contributed by atoms with Gasteiger partial charge in [0.2, 0.25) is 0 Å². The summed E-state index contributed by atoms with van der Waals surface area (Å²) < 4.78 is 2.66. The van der Waals surface area contributed by atoms with Gasteiger partial charge >= 0.3 is 6.85 Å². The monoisotopic (exact) mass is 874 g/mol. The fraction of sp³-hybridized carbons (Fsp3) is 0.226. The maximum absolute atomic E-state index is 2.69. The van der Waals surface area contributed by atoms with Crippen molar-refractivity contribution in [1.82, 2.24) is 0 Å². The Morgan fingerprint density at radius 1 is 0.424 bits per heavy atom. The second kappa shape index (κ2) is 15.1. The summed E-state index contributed by atoms with van der Waals surface area (Å²) in [5, 5.41) is 2.63. The average Bonchev–Trinajstić information content (AvgIpc) is 3.67. The zero-order valence-corrected chi connectivity index (χ0v) is 41.2. The Morgan fingerprint density at radius 3 is 1.68 bits per heavy atom. The summed E-state index contributed by atoms with van der Waals surface area (Å²) in [5.41, 5.74) is 22.9. The SMILES string of the molecule is Cc1cccc(C)c1-c1cc2c3c(c1)N(c1ccc(C(C)(C)C)cc1-c1ccccc1)c1ccc4c(sc5ccccc54)c1B3N(c1ccc(C(C)(C)C)cc1)c1ccc(C(C)(C)C)cc1-2. The largest absolute Gasteiger partial charge is 0.376 e. The third-order valence-corrected chi connectivity index (χ3v) is 15.6. The van der Waals surface area contributed by atoms with Gasteiger partial charge in [0.15, 0.2) is 0 Å². The minimum atomic E-state index is -0.118. The quantitative estimate of drug-likeness (QED) is 0.163. The van der Waals surface area contributed by atoms with E-state index in [1.165, 1.54) is 121 Å². The maximum Gasteiger partial charge on any atom is 0.334 e. The lowest BCUT2D eigenvalue weighted by Gasteiger charge is -2.46. The van der Waals surface area contributed by atoms with Crippen molar-refractivity contribution in [3.8, 4) is 33.4 Å². The summed E-state index contributed by atoms with van der Waals surface area (Å²) in [6.07, 6.45) is 0. The highest BCUT2D eigenvalue weighted by Gasteiger charge is 2.47. The molecule has 8 aromatic carbocycles. The van der Waals surface area contributed by atoms with Crippen LogP contribution in [0, 0.1) is 13.8 Å². The molecule has 0 bridgehead atoms. The van der Waals surface area contributed by atoms with Crippen LogP contribution in [0.5, 0.6) is 0 Å². The fourth-order valence-corrected chi connectivity index (χ4v) is 12.1. The molecule has 2 aliphatic rings. The van der Waals surface area contributed by atoms with Gasteiger partial charge in [-0.3, -0.25) is 0 Å². The molecule has 9 aromatic rings. The van der Waals surface area contributed by atoms with Crippen molar-refractivity contribution in [2.75, 3.05) is 9.71 Å². The predicted octanol–water partition coefficient (Wildman–Crippen LogP) is 16.6. The van der Waals surface area contributed by atoms with Gasteiger partial charge in [0, 0.05) is 54.0 Å². The first-order chi connectivity index (χ1) is 31.5. The minimum Gasteiger partial charge on any atom is -0.376 e. The average molecular weight is 875 g/mol. The van der Waals surface area contributed by atoms with Crippen LogP contribution in [0.3, 0.4) is 0 Å². The Bertz CT molecular complexity index is 3370. The van der Waals surface area contributed by atoms with Gasteiger partial charge in [0.25, 0.3) is 0 Å². The van der Waals surface area contributed by atoms with E-state index in [0.29, 0.717) is 0 Å². The molecule has 0 N–H and O–H groups in total. The highest BCUT2D eigenvalue weighted by molar-refractivity contribution is 7.27. The molecule has 0 radical (unpaired) electrons. The van der Waals surface area contributed by atoms with Crippen LogP contribution in [0.15, 0.2) is 158 Å². The summed E-state index contributed by atoms with van der Waals surface area (Å²) >= 11 is 1.94. The molecule has 0 saturated heterocycles. The molecule has 0 atom stereocenters. The standard InChI is InChI=1S/C62H59BN2S/c1-38-18-17-19-39(2)56(38)41-34-50-49-37-44(62(9,10)11)27-32-52(49)65(45-28-24-42(25-29-45)60(3,4)5)63-57(50)54(35-41)64(53-33-30-47-46-22-15-16-23-55(46)66-59(47)58(53)63)51-31-26-43(61(6,7)8)36-48(51)40-20-13-12-14-21-40/h12-37H,1-11H3. The van der Waals surface area contributed by atoms with Crippen LogP contribution in [0.4, 0.5) is 28.4 Å². The lowest BCUT2D eigenvalue weighted by atomic mass is 9.43. The van der Waals surface area contributed by atoms with Crippen molar-refractivity contribution < 1.29 is 0 Å². The molecule has 1 aromatic heterocycles. The lowest BCUT2D eigenvalue weighted by molar-refractivity contribution is 0.590. The number of rotatable bonds is 4. The molecule has 3 heterocycles. The lowest BCUT2D eigenvalue weighted by Crippen LogP contribution is -2.61. The van der Waals surface area contributed by atoms with Crippen LogP contribution >= 0.6 is 11.3 Å². The van der Waals surface area contributed by atoms with E-state index in [1.54, 1.807) is 0 Å². The highest BCUT2D eigenvalue weighted by atomic mass is 32.1. The van der Waals surface area contributed by atoms with Gasteiger partial charge in [-0.2, -0.15) is 0 Å². The maximum atomic E-state index is 2.69. The highest BCUT2D eigenvalue weighted by Crippen LogP contribution is 2.52. The Labute approximate surface area is 396 Å². The number of hydrogen-bond donors (Lipinski definition) is 0. The van der Waals surface area contributed by atoms with E-state index in [9.17, 15) is 0 Å². The smallest absolute Gasteiger partial charge is 0.334 e. The van der Waals surface area contributed by atoms with Crippen molar-refractivity contribution in [2.45, 2.75) is 92.4 Å². The van der Waals surface area contributed by atoms with Crippen LogP contribution in [-0.4, -0.2) is 6.85 Å². The van der Waals surface area contributed by atoms with E-state index < -0.39 is 0 Å². The molecule has 0 spiro atoms. The summed E-state index contributed by atoms with van der Waals surface area (Å²) in [7, 11) is 0. The topological polar surface area (TPSA) is 6.48 Å². The molecule has 0 saturated carbocycles. The summed E-state index contributed by atoms with van der Waals surface area (Å²) in [4.78, 5) is 5.35. The normalized spacial score (nSPS) is 13.6. The molecule has 326 valence electrons. The van der Waals surface area contributed by atoms with Gasteiger partial charge in [0.05, 0.1) is 5.69 Å². The first-order valence-corrected chi connectivity index (χ1v) is 24.5. The van der Waals surface area contributed by atoms with Crippen LogP contribution in [0.1, 0.15) is 90.1 Å². The molecular formula is C62H59BN2S. The Hall–Kier alpha value is -6.36. The summed E-state index contributed by atoms with van der Waals surface area (Å²) in [5.74, 6) is 0. The molecule has 2 aliphatic heterocycles. The van der Waals surface area contributed by atoms with Crippen LogP contribution < -0.4 is 20.6 Å². The van der Waals surface area contributed by atoms with E-state index in [0.717, 1.165) is 0 Å². The molecule has 0 fully saturated rings. The van der Waals surface area contributed by atoms with Gasteiger partial charge < -0.3 is 9.71 Å². The molecule has 0 amide bonds. The first kappa shape index (κ1) is 42.3. The van der Waals surface area contributed by atoms with Crippen LogP contribution in [0.2, 0.25) is 0 Å². The van der Waals surface area contributed by atoms with Crippen molar-refractivity contribution in [3.05, 3.63) is 186 Å². The van der Waals surface area contributed by atoms with E-state index >= 15 is 0 Å². The van der Waals surface area contributed by atoms with Crippen LogP contribution in [0.25, 0.3) is 53.6 Å². The number of benzene rings is 8. The van der Waals surface area contributed by atoms with Gasteiger partial charge in [-0.05, 0) is 152 Å². The number of nitrogens with zero attached hydrogens (tertiary/aromatic N) is 2. The summed E-state index contributed by atoms with van der Waals surface area (Å²) in [6.45, 7) is 25.4. The molecule has 0 unspecified atom stereocenters. The number of thiophene rings is 1. The molecule has 66 heavy (non-hydrogen) atoms. The van der Waals surface area contributed by atoms with E-state index in [-0.39, 0.29) is 23.1 Å². The third kappa shape index (κ3) is 6.74. The first-order valence-electron chi connectivity index (χ1n) is 23.7. The number of fused-ring (bicyclic) bond motifs is 8. The molecular weight excluding hydrogens is 816 g/mol. The molecule has 11 rings (SSSR count). The number of hydrogen-bond acceptors (Lipinski definition) is 3. The Morgan fingerprint density at radius 2 is 1.02 bits per heavy atom. The van der Waals surface area contributed by atoms with Crippen molar-refractivity contribution >= 4 is 77.7 Å². The van der Waals surface area contributed by atoms with Gasteiger partial charge in [-0.15, -0.1) is 11.3 Å². The van der Waals surface area contributed by atoms with Crippen molar-refractivity contribution in [2.24, 2.45) is 0 Å². The van der Waals surface area contributed by atoms with Gasteiger partial charge in [-0.25, -0.2) is 0 Å². The third-order valence-electron chi connectivity index (χ3n) is 14.4. The zero-order chi connectivity index (χ0) is 46.0. The van der Waals surface area contributed by atoms with Gasteiger partial charge in [0.1, 0.15) is 0 Å². The second-order valence-electron chi connectivity index (χ2n) is 21.9. The zero-order valence-electron chi connectivity index (χ0n) is 40.4. The Kier molecular flexibility index (Phi) is 9.67.